The number of ether oxygens (including phenoxy) is 1. The van der Waals surface area contributed by atoms with E-state index < -0.39 is 0 Å². The van der Waals surface area contributed by atoms with Crippen molar-refractivity contribution in [2.45, 2.75) is 13.3 Å². The van der Waals surface area contributed by atoms with E-state index in [9.17, 15) is 4.79 Å². The fourth-order valence-electron chi connectivity index (χ4n) is 1.32. The molecule has 0 aliphatic carbocycles. The SMILES string of the molecule is CCC(=O)Oc1c[nH]c2ccccc12. The Morgan fingerprint density at radius 3 is 3.00 bits per heavy atom. The minimum atomic E-state index is -0.213. The van der Waals surface area contributed by atoms with Crippen LogP contribution in [0.4, 0.5) is 0 Å². The number of para-hydroxylation sites is 1. The van der Waals surface area contributed by atoms with Crippen LogP contribution in [0.2, 0.25) is 0 Å². The number of hydrogen-bond donors (Lipinski definition) is 1. The zero-order valence-electron chi connectivity index (χ0n) is 7.91. The summed E-state index contributed by atoms with van der Waals surface area (Å²) in [4.78, 5) is 14.1. The minimum Gasteiger partial charge on any atom is -0.424 e. The zero-order chi connectivity index (χ0) is 9.97. The van der Waals surface area contributed by atoms with Crippen LogP contribution in [0.5, 0.6) is 5.75 Å². The van der Waals surface area contributed by atoms with Crippen molar-refractivity contribution in [2.24, 2.45) is 0 Å². The van der Waals surface area contributed by atoms with Crippen LogP contribution in [0.3, 0.4) is 0 Å². The van der Waals surface area contributed by atoms with Crippen molar-refractivity contribution in [3.63, 3.8) is 0 Å². The summed E-state index contributed by atoms with van der Waals surface area (Å²) in [6, 6.07) is 7.71. The first-order valence-electron chi connectivity index (χ1n) is 4.58. The third-order valence-electron chi connectivity index (χ3n) is 2.06. The average molecular weight is 189 g/mol. The van der Waals surface area contributed by atoms with Crippen LogP contribution in [-0.2, 0) is 4.79 Å². The number of aromatic nitrogens is 1. The molecule has 0 aliphatic rings. The van der Waals surface area contributed by atoms with Gasteiger partial charge in [-0.25, -0.2) is 0 Å². The summed E-state index contributed by atoms with van der Waals surface area (Å²) in [5.41, 5.74) is 0.978. The number of hydrogen-bond acceptors (Lipinski definition) is 2. The van der Waals surface area contributed by atoms with Gasteiger partial charge in [-0.15, -0.1) is 0 Å². The van der Waals surface area contributed by atoms with Gasteiger partial charge in [-0.2, -0.15) is 0 Å². The number of H-pyrrole nitrogens is 1. The van der Waals surface area contributed by atoms with Gasteiger partial charge in [0.15, 0.2) is 5.75 Å². The van der Waals surface area contributed by atoms with E-state index in [4.69, 9.17) is 4.74 Å². The molecule has 14 heavy (non-hydrogen) atoms. The van der Waals surface area contributed by atoms with E-state index in [-0.39, 0.29) is 5.97 Å². The molecule has 0 radical (unpaired) electrons. The molecule has 1 heterocycles. The summed E-state index contributed by atoms with van der Waals surface area (Å²) in [6.45, 7) is 1.77. The highest BCUT2D eigenvalue weighted by Crippen LogP contribution is 2.24. The number of esters is 1. The fraction of sp³-hybridized carbons (Fsp3) is 0.182. The van der Waals surface area contributed by atoms with E-state index in [1.807, 2.05) is 24.3 Å². The van der Waals surface area contributed by atoms with E-state index in [0.29, 0.717) is 12.2 Å². The first-order chi connectivity index (χ1) is 6.81. The van der Waals surface area contributed by atoms with Crippen LogP contribution in [0.1, 0.15) is 13.3 Å². The molecule has 3 heteroatoms. The van der Waals surface area contributed by atoms with Gasteiger partial charge in [0.05, 0.1) is 0 Å². The number of aromatic amines is 1. The number of benzene rings is 1. The molecule has 1 N–H and O–H groups in total. The van der Waals surface area contributed by atoms with Gasteiger partial charge in [0.1, 0.15) is 0 Å². The molecular weight excluding hydrogens is 178 g/mol. The normalized spacial score (nSPS) is 10.4. The maximum atomic E-state index is 11.1. The van der Waals surface area contributed by atoms with Gasteiger partial charge < -0.3 is 9.72 Å². The molecule has 0 bridgehead atoms. The molecule has 0 spiro atoms. The molecule has 0 unspecified atom stereocenters. The molecule has 1 aromatic heterocycles. The van der Waals surface area contributed by atoms with Gasteiger partial charge in [-0.3, -0.25) is 4.79 Å². The number of nitrogens with one attached hydrogen (secondary N) is 1. The number of carbonyl (C=O) groups excluding carboxylic acids is 1. The lowest BCUT2D eigenvalue weighted by Crippen LogP contribution is -2.04. The van der Waals surface area contributed by atoms with E-state index in [1.165, 1.54) is 0 Å². The molecule has 0 amide bonds. The second kappa shape index (κ2) is 3.54. The molecule has 3 nitrogen and oxygen atoms in total. The zero-order valence-corrected chi connectivity index (χ0v) is 7.91. The van der Waals surface area contributed by atoms with Crippen LogP contribution >= 0.6 is 0 Å². The molecule has 0 atom stereocenters. The highest BCUT2D eigenvalue weighted by Gasteiger charge is 2.06. The molecule has 0 aliphatic heterocycles. The Kier molecular flexibility index (Phi) is 2.23. The predicted octanol–water partition coefficient (Wildman–Crippen LogP) is 2.48. The monoisotopic (exact) mass is 189 g/mol. The molecule has 72 valence electrons. The second-order valence-electron chi connectivity index (χ2n) is 3.03. The van der Waals surface area contributed by atoms with Gasteiger partial charge >= 0.3 is 5.97 Å². The Morgan fingerprint density at radius 2 is 2.21 bits per heavy atom. The first kappa shape index (κ1) is 8.81. The quantitative estimate of drug-likeness (QED) is 0.737. The predicted molar refractivity (Wildman–Crippen MR) is 54.2 cm³/mol. The summed E-state index contributed by atoms with van der Waals surface area (Å²) in [6.07, 6.45) is 2.09. The third kappa shape index (κ3) is 1.48. The Balaban J connectivity index is 2.38. The van der Waals surface area contributed by atoms with E-state index in [0.717, 1.165) is 10.9 Å². The van der Waals surface area contributed by atoms with Gasteiger partial charge in [0.25, 0.3) is 0 Å². The lowest BCUT2D eigenvalue weighted by molar-refractivity contribution is -0.133. The van der Waals surface area contributed by atoms with Gasteiger partial charge in [-0.1, -0.05) is 19.1 Å². The Bertz CT molecular complexity index is 459. The summed E-state index contributed by atoms with van der Waals surface area (Å²) in [5.74, 6) is 0.391. The molecule has 0 saturated heterocycles. The summed E-state index contributed by atoms with van der Waals surface area (Å²) in [5, 5.41) is 0.939. The smallest absolute Gasteiger partial charge is 0.310 e. The first-order valence-corrected chi connectivity index (χ1v) is 4.58. The van der Waals surface area contributed by atoms with Crippen LogP contribution in [0.25, 0.3) is 10.9 Å². The lowest BCUT2D eigenvalue weighted by Gasteiger charge is -1.99. The number of rotatable bonds is 2. The van der Waals surface area contributed by atoms with Crippen molar-refractivity contribution < 1.29 is 9.53 Å². The summed E-state index contributed by atoms with van der Waals surface area (Å²) in [7, 11) is 0. The Morgan fingerprint density at radius 1 is 1.43 bits per heavy atom. The van der Waals surface area contributed by atoms with Crippen molar-refractivity contribution in [3.8, 4) is 5.75 Å². The Labute approximate surface area is 81.7 Å². The maximum Gasteiger partial charge on any atom is 0.310 e. The Hall–Kier alpha value is -1.77. The molecule has 0 fully saturated rings. The summed E-state index contributed by atoms with van der Waals surface area (Å²) >= 11 is 0. The standard InChI is InChI=1S/C11H11NO2/c1-2-11(13)14-10-7-12-9-6-4-3-5-8(9)10/h3-7,12H,2H2,1H3. The molecular formula is C11H11NO2. The van der Waals surface area contributed by atoms with E-state index in [1.54, 1.807) is 13.1 Å². The third-order valence-corrected chi connectivity index (χ3v) is 2.06. The average Bonchev–Trinajstić information content (AvgIpc) is 2.62. The number of carbonyl (C=O) groups is 1. The van der Waals surface area contributed by atoms with Crippen LogP contribution < -0.4 is 4.74 Å². The lowest BCUT2D eigenvalue weighted by atomic mass is 10.2. The van der Waals surface area contributed by atoms with Crippen molar-refractivity contribution in [1.82, 2.24) is 4.98 Å². The van der Waals surface area contributed by atoms with Crippen molar-refractivity contribution in [3.05, 3.63) is 30.5 Å². The minimum absolute atomic E-state index is 0.213. The van der Waals surface area contributed by atoms with Crippen LogP contribution in [0, 0.1) is 0 Å². The molecule has 1 aromatic carbocycles. The second-order valence-corrected chi connectivity index (χ2v) is 3.03. The largest absolute Gasteiger partial charge is 0.424 e. The number of fused-ring (bicyclic) bond motifs is 1. The van der Waals surface area contributed by atoms with E-state index >= 15 is 0 Å². The highest BCUT2D eigenvalue weighted by atomic mass is 16.5. The van der Waals surface area contributed by atoms with Crippen molar-refractivity contribution in [2.75, 3.05) is 0 Å². The van der Waals surface area contributed by atoms with Crippen LogP contribution in [-0.4, -0.2) is 11.0 Å². The molecule has 2 rings (SSSR count). The summed E-state index contributed by atoms with van der Waals surface area (Å²) < 4.78 is 5.15. The van der Waals surface area contributed by atoms with E-state index in [2.05, 4.69) is 4.98 Å². The van der Waals surface area contributed by atoms with Crippen LogP contribution in [0.15, 0.2) is 30.5 Å². The maximum absolute atomic E-state index is 11.1. The van der Waals surface area contributed by atoms with Crippen molar-refractivity contribution >= 4 is 16.9 Å². The fourth-order valence-corrected chi connectivity index (χ4v) is 1.32. The van der Waals surface area contributed by atoms with Gasteiger partial charge in [0, 0.05) is 23.5 Å². The molecule has 0 saturated carbocycles. The van der Waals surface area contributed by atoms with Crippen molar-refractivity contribution in [1.29, 1.82) is 0 Å². The van der Waals surface area contributed by atoms with Gasteiger partial charge in [-0.05, 0) is 12.1 Å². The highest BCUT2D eigenvalue weighted by molar-refractivity contribution is 5.88. The topological polar surface area (TPSA) is 42.1 Å². The van der Waals surface area contributed by atoms with Gasteiger partial charge in [0.2, 0.25) is 0 Å². The molecule has 2 aromatic rings.